The van der Waals surface area contributed by atoms with E-state index >= 15 is 0 Å². The van der Waals surface area contributed by atoms with Crippen molar-refractivity contribution >= 4 is 0 Å². The van der Waals surface area contributed by atoms with E-state index in [1.54, 1.807) is 25.1 Å². The molecule has 0 aliphatic carbocycles. The van der Waals surface area contributed by atoms with Gasteiger partial charge in [0.15, 0.2) is 0 Å². The van der Waals surface area contributed by atoms with Crippen LogP contribution in [0.1, 0.15) is 13.3 Å². The van der Waals surface area contributed by atoms with Crippen molar-refractivity contribution in [1.29, 1.82) is 0 Å². The average molecular weight is 233 g/mol. The summed E-state index contributed by atoms with van der Waals surface area (Å²) in [6.45, 7) is 1.60. The van der Waals surface area contributed by atoms with Crippen LogP contribution in [-0.2, 0) is 0 Å². The molecule has 0 saturated heterocycles. The lowest BCUT2D eigenvalue weighted by molar-refractivity contribution is -0.200. The first-order chi connectivity index (χ1) is 7.45. The maximum absolute atomic E-state index is 12.6. The molecule has 16 heavy (non-hydrogen) atoms. The zero-order chi connectivity index (χ0) is 12.2. The predicted octanol–water partition coefficient (Wildman–Crippen LogP) is 2.73. The van der Waals surface area contributed by atoms with Gasteiger partial charge in [0.25, 0.3) is 0 Å². The van der Waals surface area contributed by atoms with Crippen LogP contribution in [0.3, 0.4) is 0 Å². The second kappa shape index (κ2) is 5.21. The summed E-state index contributed by atoms with van der Waals surface area (Å²) < 4.78 is 42.8. The molecule has 0 aromatic heterocycles. The highest BCUT2D eigenvalue weighted by Gasteiger charge is 2.45. The summed E-state index contributed by atoms with van der Waals surface area (Å²) >= 11 is 0. The molecule has 0 heterocycles. The average Bonchev–Trinajstić information content (AvgIpc) is 2.25. The Kier molecular flexibility index (Phi) is 4.18. The molecule has 0 aliphatic heterocycles. The lowest BCUT2D eigenvalue weighted by Gasteiger charge is -2.26. The van der Waals surface area contributed by atoms with Gasteiger partial charge < -0.3 is 10.5 Å². The fourth-order valence-corrected chi connectivity index (χ4v) is 1.26. The molecule has 2 nitrogen and oxygen atoms in total. The van der Waals surface area contributed by atoms with Gasteiger partial charge in [-0.05, 0) is 18.6 Å². The van der Waals surface area contributed by atoms with E-state index in [1.807, 2.05) is 0 Å². The lowest BCUT2D eigenvalue weighted by atomic mass is 10.1. The Hall–Kier alpha value is -1.23. The van der Waals surface area contributed by atoms with Crippen LogP contribution in [0.15, 0.2) is 30.3 Å². The molecule has 0 saturated carbocycles. The van der Waals surface area contributed by atoms with Crippen molar-refractivity contribution in [3.63, 3.8) is 0 Å². The summed E-state index contributed by atoms with van der Waals surface area (Å²) in [4.78, 5) is 0. The molecule has 1 aromatic rings. The van der Waals surface area contributed by atoms with Gasteiger partial charge in [-0.3, -0.25) is 0 Å². The molecule has 1 aromatic carbocycles. The highest BCUT2D eigenvalue weighted by atomic mass is 19.4. The van der Waals surface area contributed by atoms with E-state index < -0.39 is 18.3 Å². The number of ether oxygens (including phenoxy) is 1. The topological polar surface area (TPSA) is 35.2 Å². The highest BCUT2D eigenvalue weighted by Crippen LogP contribution is 2.27. The Balaban J connectivity index is 2.80. The maximum Gasteiger partial charge on any atom is 0.426 e. The highest BCUT2D eigenvalue weighted by molar-refractivity contribution is 5.21. The Morgan fingerprint density at radius 2 is 1.81 bits per heavy atom. The molecule has 0 amide bonds. The predicted molar refractivity (Wildman–Crippen MR) is 55.2 cm³/mol. The first-order valence-electron chi connectivity index (χ1n) is 4.99. The minimum absolute atomic E-state index is 0.175. The maximum atomic E-state index is 12.6. The second-order valence-corrected chi connectivity index (χ2v) is 3.47. The molecule has 5 heteroatoms. The Morgan fingerprint density at radius 1 is 1.25 bits per heavy atom. The summed E-state index contributed by atoms with van der Waals surface area (Å²) in [5.41, 5.74) is 5.41. The summed E-state index contributed by atoms with van der Waals surface area (Å²) in [6, 6.07) is 6.82. The summed E-state index contributed by atoms with van der Waals surface area (Å²) in [7, 11) is 0. The number of hydrogen-bond donors (Lipinski definition) is 1. The molecule has 90 valence electrons. The Morgan fingerprint density at radius 3 is 2.25 bits per heavy atom. The smallest absolute Gasteiger partial charge is 0.426 e. The SMILES string of the molecule is CCC(N)C(Oc1ccccc1)C(F)(F)F. The van der Waals surface area contributed by atoms with Gasteiger partial charge in [-0.1, -0.05) is 25.1 Å². The molecule has 0 spiro atoms. The van der Waals surface area contributed by atoms with Gasteiger partial charge in [0.1, 0.15) is 5.75 Å². The van der Waals surface area contributed by atoms with Crippen LogP contribution in [0.5, 0.6) is 5.75 Å². The molecular weight excluding hydrogens is 219 g/mol. The summed E-state index contributed by atoms with van der Waals surface area (Å²) in [5, 5.41) is 0. The Bertz CT molecular complexity index is 313. The van der Waals surface area contributed by atoms with Gasteiger partial charge in [0, 0.05) is 0 Å². The quantitative estimate of drug-likeness (QED) is 0.867. The van der Waals surface area contributed by atoms with Crippen LogP contribution in [0.4, 0.5) is 13.2 Å². The number of alkyl halides is 3. The fourth-order valence-electron chi connectivity index (χ4n) is 1.26. The van der Waals surface area contributed by atoms with Crippen LogP contribution in [0.25, 0.3) is 0 Å². The van der Waals surface area contributed by atoms with Gasteiger partial charge in [0.2, 0.25) is 6.10 Å². The molecule has 2 unspecified atom stereocenters. The first-order valence-corrected chi connectivity index (χ1v) is 4.99. The number of nitrogens with two attached hydrogens (primary N) is 1. The number of para-hydroxylation sites is 1. The zero-order valence-corrected chi connectivity index (χ0v) is 8.87. The number of rotatable bonds is 4. The van der Waals surface area contributed by atoms with Crippen molar-refractivity contribution in [3.05, 3.63) is 30.3 Å². The van der Waals surface area contributed by atoms with Gasteiger partial charge in [-0.25, -0.2) is 0 Å². The minimum Gasteiger partial charge on any atom is -0.479 e. The number of benzene rings is 1. The largest absolute Gasteiger partial charge is 0.479 e. The second-order valence-electron chi connectivity index (χ2n) is 3.47. The van der Waals surface area contributed by atoms with E-state index in [0.717, 1.165) is 0 Å². The van der Waals surface area contributed by atoms with Crippen molar-refractivity contribution in [3.8, 4) is 5.75 Å². The summed E-state index contributed by atoms with van der Waals surface area (Å²) in [6.07, 6.45) is -6.21. The minimum atomic E-state index is -4.45. The van der Waals surface area contributed by atoms with Crippen LogP contribution >= 0.6 is 0 Å². The van der Waals surface area contributed by atoms with E-state index in [-0.39, 0.29) is 12.2 Å². The molecule has 0 radical (unpaired) electrons. The normalized spacial score (nSPS) is 15.6. The number of halogens is 3. The van der Waals surface area contributed by atoms with Gasteiger partial charge in [0.05, 0.1) is 6.04 Å². The number of hydrogen-bond acceptors (Lipinski definition) is 2. The van der Waals surface area contributed by atoms with Gasteiger partial charge in [-0.15, -0.1) is 0 Å². The molecule has 2 atom stereocenters. The molecule has 1 rings (SSSR count). The molecule has 0 bridgehead atoms. The van der Waals surface area contributed by atoms with E-state index in [2.05, 4.69) is 0 Å². The van der Waals surface area contributed by atoms with Crippen LogP contribution in [0, 0.1) is 0 Å². The standard InChI is InChI=1S/C11H14F3NO/c1-2-9(15)10(11(12,13)14)16-8-6-4-3-5-7-8/h3-7,9-10H,2,15H2,1H3. The molecule has 0 fully saturated rings. The van der Waals surface area contributed by atoms with E-state index in [4.69, 9.17) is 10.5 Å². The van der Waals surface area contributed by atoms with Crippen molar-refractivity contribution in [2.75, 3.05) is 0 Å². The first kappa shape index (κ1) is 12.8. The van der Waals surface area contributed by atoms with E-state index in [0.29, 0.717) is 0 Å². The molecule has 2 N–H and O–H groups in total. The monoisotopic (exact) mass is 233 g/mol. The lowest BCUT2D eigenvalue weighted by Crippen LogP contribution is -2.48. The summed E-state index contributed by atoms with van der Waals surface area (Å²) in [5.74, 6) is 0.175. The molecule has 0 aliphatic rings. The fraction of sp³-hybridized carbons (Fsp3) is 0.455. The van der Waals surface area contributed by atoms with E-state index in [1.165, 1.54) is 12.1 Å². The van der Waals surface area contributed by atoms with Gasteiger partial charge >= 0.3 is 6.18 Å². The van der Waals surface area contributed by atoms with Crippen LogP contribution in [0.2, 0.25) is 0 Å². The van der Waals surface area contributed by atoms with Crippen molar-refractivity contribution in [1.82, 2.24) is 0 Å². The van der Waals surface area contributed by atoms with Crippen molar-refractivity contribution < 1.29 is 17.9 Å². The van der Waals surface area contributed by atoms with Crippen LogP contribution < -0.4 is 10.5 Å². The van der Waals surface area contributed by atoms with Crippen molar-refractivity contribution in [2.45, 2.75) is 31.7 Å². The third kappa shape index (κ3) is 3.41. The third-order valence-corrected chi connectivity index (χ3v) is 2.19. The van der Waals surface area contributed by atoms with E-state index in [9.17, 15) is 13.2 Å². The Labute approximate surface area is 92.2 Å². The third-order valence-electron chi connectivity index (χ3n) is 2.19. The van der Waals surface area contributed by atoms with Crippen LogP contribution in [-0.4, -0.2) is 18.3 Å². The molecular formula is C11H14F3NO. The van der Waals surface area contributed by atoms with Crippen molar-refractivity contribution in [2.24, 2.45) is 5.73 Å². The zero-order valence-electron chi connectivity index (χ0n) is 8.87. The van der Waals surface area contributed by atoms with Gasteiger partial charge in [-0.2, -0.15) is 13.2 Å².